The lowest BCUT2D eigenvalue weighted by Gasteiger charge is -2.29. The van der Waals surface area contributed by atoms with E-state index in [1.165, 1.54) is 13.0 Å². The van der Waals surface area contributed by atoms with Crippen LogP contribution in [0.2, 0.25) is 0 Å². The van der Waals surface area contributed by atoms with Gasteiger partial charge in [-0.2, -0.15) is 0 Å². The minimum atomic E-state index is -0.640. The molecule has 0 fully saturated rings. The molecule has 0 spiro atoms. The maximum atomic E-state index is 12.3. The molecule has 1 heterocycles. The van der Waals surface area contributed by atoms with Crippen molar-refractivity contribution in [2.75, 3.05) is 0 Å². The molecule has 22 heavy (non-hydrogen) atoms. The highest BCUT2D eigenvalue weighted by atomic mass is 16.5. The van der Waals surface area contributed by atoms with Crippen molar-refractivity contribution >= 4 is 23.6 Å². The number of allylic oxidation sites excluding steroid dienone is 2. The Kier molecular flexibility index (Phi) is 3.02. The molecule has 112 valence electrons. The number of fused-ring (bicyclic) bond motifs is 3. The van der Waals surface area contributed by atoms with E-state index in [9.17, 15) is 14.4 Å². The Morgan fingerprint density at radius 3 is 2.64 bits per heavy atom. The maximum absolute atomic E-state index is 12.3. The van der Waals surface area contributed by atoms with E-state index in [4.69, 9.17) is 9.47 Å². The number of ether oxygens (including phenoxy) is 2. The Bertz CT molecular complexity index is 780. The lowest BCUT2D eigenvalue weighted by Crippen LogP contribution is -2.29. The lowest BCUT2D eigenvalue weighted by molar-refractivity contribution is -0.136. The molecule has 0 atom stereocenters. The van der Waals surface area contributed by atoms with Crippen LogP contribution in [0.3, 0.4) is 0 Å². The summed E-state index contributed by atoms with van der Waals surface area (Å²) in [5.74, 6) is -1.19. The van der Waals surface area contributed by atoms with Crippen LogP contribution in [0.5, 0.6) is 5.75 Å². The summed E-state index contributed by atoms with van der Waals surface area (Å²) in [6, 6.07) is 3.18. The number of carbonyl (C=O) groups excluding carboxylic acids is 3. The predicted octanol–water partition coefficient (Wildman–Crippen LogP) is 2.70. The van der Waals surface area contributed by atoms with Crippen LogP contribution in [-0.2, 0) is 9.53 Å². The van der Waals surface area contributed by atoms with E-state index in [2.05, 4.69) is 0 Å². The predicted molar refractivity (Wildman–Crippen MR) is 78.7 cm³/mol. The highest BCUT2D eigenvalue weighted by Gasteiger charge is 2.33. The highest BCUT2D eigenvalue weighted by molar-refractivity contribution is 6.25. The molecule has 5 heteroatoms. The number of hydrogen-bond donors (Lipinski definition) is 0. The first-order valence-corrected chi connectivity index (χ1v) is 6.83. The van der Waals surface area contributed by atoms with Gasteiger partial charge in [-0.1, -0.05) is 6.08 Å². The van der Waals surface area contributed by atoms with Crippen LogP contribution in [-0.4, -0.2) is 23.1 Å². The molecule has 1 aliphatic heterocycles. The Labute approximate surface area is 127 Å². The Hall–Kier alpha value is -2.69. The summed E-state index contributed by atoms with van der Waals surface area (Å²) in [5.41, 5.74) is 0.607. The number of Topliss-reactive ketones (excluding diaryl/α,β-unsaturated/α-hetero) is 1. The number of rotatable bonds is 1. The Balaban J connectivity index is 2.13. The molecule has 0 saturated carbocycles. The average molecular weight is 298 g/mol. The molecule has 2 aliphatic rings. The molecule has 0 saturated heterocycles. The van der Waals surface area contributed by atoms with Gasteiger partial charge in [-0.3, -0.25) is 14.4 Å². The van der Waals surface area contributed by atoms with Gasteiger partial charge >= 0.3 is 5.97 Å². The quantitative estimate of drug-likeness (QED) is 0.746. The van der Waals surface area contributed by atoms with Crippen molar-refractivity contribution in [3.8, 4) is 5.75 Å². The molecule has 3 rings (SSSR count). The maximum Gasteiger partial charge on any atom is 0.308 e. The van der Waals surface area contributed by atoms with E-state index in [0.717, 1.165) is 6.08 Å². The summed E-state index contributed by atoms with van der Waals surface area (Å²) in [5, 5.41) is 0. The van der Waals surface area contributed by atoms with Gasteiger partial charge in [0.15, 0.2) is 11.5 Å². The Morgan fingerprint density at radius 1 is 1.23 bits per heavy atom. The highest BCUT2D eigenvalue weighted by Crippen LogP contribution is 2.37. The monoisotopic (exact) mass is 298 g/mol. The molecule has 0 N–H and O–H groups in total. The van der Waals surface area contributed by atoms with Gasteiger partial charge in [0.05, 0.1) is 0 Å². The van der Waals surface area contributed by atoms with Gasteiger partial charge in [-0.25, -0.2) is 0 Å². The van der Waals surface area contributed by atoms with Crippen molar-refractivity contribution in [3.63, 3.8) is 0 Å². The summed E-state index contributed by atoms with van der Waals surface area (Å²) in [7, 11) is 0. The van der Waals surface area contributed by atoms with Crippen molar-refractivity contribution in [2.45, 2.75) is 26.4 Å². The van der Waals surface area contributed by atoms with Gasteiger partial charge in [0.1, 0.15) is 11.4 Å². The topological polar surface area (TPSA) is 69.7 Å². The fourth-order valence-electron chi connectivity index (χ4n) is 2.53. The molecular formula is C17H14O5. The van der Waals surface area contributed by atoms with Crippen LogP contribution in [0, 0.1) is 0 Å². The third-order valence-electron chi connectivity index (χ3n) is 3.46. The zero-order valence-corrected chi connectivity index (χ0v) is 12.4. The first kappa shape index (κ1) is 14.3. The van der Waals surface area contributed by atoms with E-state index in [1.54, 1.807) is 12.1 Å². The minimum absolute atomic E-state index is 0.218. The lowest BCUT2D eigenvalue weighted by atomic mass is 9.87. The molecule has 1 aliphatic carbocycles. The normalized spacial score (nSPS) is 18.0. The van der Waals surface area contributed by atoms with E-state index in [-0.39, 0.29) is 22.7 Å². The third-order valence-corrected chi connectivity index (χ3v) is 3.46. The molecule has 0 bridgehead atoms. The second-order valence-electron chi connectivity index (χ2n) is 5.73. The Morgan fingerprint density at radius 2 is 1.95 bits per heavy atom. The van der Waals surface area contributed by atoms with Crippen molar-refractivity contribution in [1.82, 2.24) is 0 Å². The van der Waals surface area contributed by atoms with Gasteiger partial charge in [0, 0.05) is 29.7 Å². The molecule has 1 aromatic carbocycles. The second-order valence-corrected chi connectivity index (χ2v) is 5.73. The zero-order valence-electron chi connectivity index (χ0n) is 12.4. The molecule has 5 nitrogen and oxygen atoms in total. The average Bonchev–Trinajstić information content (AvgIpc) is 2.41. The summed E-state index contributed by atoms with van der Waals surface area (Å²) in [4.78, 5) is 35.7. The number of benzene rings is 1. The summed E-state index contributed by atoms with van der Waals surface area (Å²) < 4.78 is 10.6. The largest absolute Gasteiger partial charge is 0.483 e. The summed E-state index contributed by atoms with van der Waals surface area (Å²) >= 11 is 0. The first-order chi connectivity index (χ1) is 10.3. The molecule has 1 aromatic rings. The fraction of sp³-hybridized carbons (Fsp3) is 0.235. The van der Waals surface area contributed by atoms with E-state index >= 15 is 0 Å². The number of hydrogen-bond acceptors (Lipinski definition) is 5. The SMILES string of the molecule is CC(=O)OC1=CC(=O)c2c(ccc3c2C=CC(C)(C)O3)C1=O. The summed E-state index contributed by atoms with van der Waals surface area (Å²) in [6.45, 7) is 4.98. The van der Waals surface area contributed by atoms with Gasteiger partial charge in [0.25, 0.3) is 0 Å². The summed E-state index contributed by atoms with van der Waals surface area (Å²) in [6.07, 6.45) is 4.67. The zero-order chi connectivity index (χ0) is 16.1. The van der Waals surface area contributed by atoms with Gasteiger partial charge in [-0.05, 0) is 32.1 Å². The van der Waals surface area contributed by atoms with Crippen LogP contribution in [0.4, 0.5) is 0 Å². The van der Waals surface area contributed by atoms with Crippen molar-refractivity contribution in [1.29, 1.82) is 0 Å². The number of carbonyl (C=O) groups is 3. The first-order valence-electron chi connectivity index (χ1n) is 6.83. The fourth-order valence-corrected chi connectivity index (χ4v) is 2.53. The van der Waals surface area contributed by atoms with Gasteiger partial charge in [0.2, 0.25) is 5.78 Å². The molecule has 0 amide bonds. The van der Waals surface area contributed by atoms with E-state index in [1.807, 2.05) is 19.9 Å². The van der Waals surface area contributed by atoms with Crippen LogP contribution < -0.4 is 4.74 Å². The van der Waals surface area contributed by atoms with Gasteiger partial charge < -0.3 is 9.47 Å². The number of ketones is 2. The minimum Gasteiger partial charge on any atom is -0.483 e. The molecule has 0 radical (unpaired) electrons. The van der Waals surface area contributed by atoms with E-state index < -0.39 is 17.4 Å². The molecular weight excluding hydrogens is 284 g/mol. The standard InChI is InChI=1S/C17H14O5/c1-9(18)21-14-8-12(19)15-10-6-7-17(2,3)22-13(10)5-4-11(15)16(14)20/h4-8H,1-3H3. The number of esters is 1. The third kappa shape index (κ3) is 2.24. The van der Waals surface area contributed by atoms with Crippen molar-refractivity contribution in [2.24, 2.45) is 0 Å². The second kappa shape index (κ2) is 4.66. The van der Waals surface area contributed by atoms with Crippen molar-refractivity contribution < 1.29 is 23.9 Å². The van der Waals surface area contributed by atoms with Crippen LogP contribution in [0.1, 0.15) is 47.1 Å². The van der Waals surface area contributed by atoms with E-state index in [0.29, 0.717) is 11.3 Å². The van der Waals surface area contributed by atoms with Gasteiger partial charge in [-0.15, -0.1) is 0 Å². The smallest absolute Gasteiger partial charge is 0.308 e. The van der Waals surface area contributed by atoms with Crippen LogP contribution >= 0.6 is 0 Å². The van der Waals surface area contributed by atoms with Crippen LogP contribution in [0.25, 0.3) is 6.08 Å². The molecule has 0 aromatic heterocycles. The van der Waals surface area contributed by atoms with Crippen molar-refractivity contribution in [3.05, 3.63) is 46.7 Å². The van der Waals surface area contributed by atoms with Crippen LogP contribution in [0.15, 0.2) is 30.0 Å². The molecule has 0 unspecified atom stereocenters.